The molecule has 26 heavy (non-hydrogen) atoms. The summed E-state index contributed by atoms with van der Waals surface area (Å²) in [7, 11) is 2.21. The molecule has 1 unspecified atom stereocenters. The summed E-state index contributed by atoms with van der Waals surface area (Å²) in [6.45, 7) is 6.71. The third kappa shape index (κ3) is 4.21. The van der Waals surface area contributed by atoms with Crippen LogP contribution in [0.15, 0.2) is 24.3 Å². The summed E-state index contributed by atoms with van der Waals surface area (Å²) in [5, 5.41) is 0. The van der Waals surface area contributed by atoms with Crippen molar-refractivity contribution in [2.24, 2.45) is 5.92 Å². The normalized spacial score (nSPS) is 25.3. The molecule has 3 aliphatic rings. The number of piperidine rings is 1. The molecule has 0 aromatic heterocycles. The Morgan fingerprint density at radius 1 is 1.08 bits per heavy atom. The molecular weight excluding hydrogens is 326 g/mol. The number of piperazine rings is 1. The third-order valence-electron chi connectivity index (χ3n) is 6.01. The van der Waals surface area contributed by atoms with Gasteiger partial charge in [0.2, 0.25) is 0 Å². The maximum atomic E-state index is 13.0. The third-order valence-corrected chi connectivity index (χ3v) is 6.01. The van der Waals surface area contributed by atoms with Crippen LogP contribution in [0.5, 0.6) is 5.75 Å². The second-order valence-corrected chi connectivity index (χ2v) is 8.14. The largest absolute Gasteiger partial charge is 0.492 e. The molecule has 2 aliphatic heterocycles. The van der Waals surface area contributed by atoms with Gasteiger partial charge < -0.3 is 14.5 Å². The van der Waals surface area contributed by atoms with Crippen molar-refractivity contribution in [3.05, 3.63) is 29.8 Å². The fraction of sp³-hybridized carbons (Fsp3) is 0.667. The maximum Gasteiger partial charge on any atom is 0.257 e. The topological polar surface area (TPSA) is 36.0 Å². The fourth-order valence-corrected chi connectivity index (χ4v) is 4.16. The SMILES string of the molecule is CN1CCCC(N2CCN(C(=O)c3ccccc3OCC3CC3)CC2)C1. The number of benzene rings is 1. The summed E-state index contributed by atoms with van der Waals surface area (Å²) >= 11 is 0. The van der Waals surface area contributed by atoms with Gasteiger partial charge in [-0.2, -0.15) is 0 Å². The molecule has 0 N–H and O–H groups in total. The Morgan fingerprint density at radius 3 is 2.58 bits per heavy atom. The van der Waals surface area contributed by atoms with E-state index in [2.05, 4.69) is 16.8 Å². The van der Waals surface area contributed by atoms with E-state index in [0.717, 1.165) is 50.6 Å². The van der Waals surface area contributed by atoms with Crippen LogP contribution in [0.25, 0.3) is 0 Å². The first kappa shape index (κ1) is 17.8. The van der Waals surface area contributed by atoms with E-state index in [-0.39, 0.29) is 5.91 Å². The highest BCUT2D eigenvalue weighted by Crippen LogP contribution is 2.30. The molecule has 2 heterocycles. The molecule has 1 atom stereocenters. The molecule has 5 heteroatoms. The highest BCUT2D eigenvalue weighted by atomic mass is 16.5. The van der Waals surface area contributed by atoms with E-state index in [0.29, 0.717) is 12.0 Å². The lowest BCUT2D eigenvalue weighted by Gasteiger charge is -2.42. The maximum absolute atomic E-state index is 13.0. The fourth-order valence-electron chi connectivity index (χ4n) is 4.16. The predicted molar refractivity (Wildman–Crippen MR) is 103 cm³/mol. The number of para-hydroxylation sites is 1. The van der Waals surface area contributed by atoms with Crippen molar-refractivity contribution in [1.82, 2.24) is 14.7 Å². The zero-order valence-electron chi connectivity index (χ0n) is 15.9. The number of hydrogen-bond acceptors (Lipinski definition) is 4. The van der Waals surface area contributed by atoms with Gasteiger partial charge >= 0.3 is 0 Å². The quantitative estimate of drug-likeness (QED) is 0.810. The smallest absolute Gasteiger partial charge is 0.257 e. The molecule has 0 radical (unpaired) electrons. The number of likely N-dealkylation sites (N-methyl/N-ethyl adjacent to an activating group) is 1. The first-order valence-electron chi connectivity index (χ1n) is 10.1. The van der Waals surface area contributed by atoms with Crippen molar-refractivity contribution in [3.8, 4) is 5.75 Å². The Kier molecular flexibility index (Phi) is 5.46. The number of rotatable bonds is 5. The number of ether oxygens (including phenoxy) is 1. The van der Waals surface area contributed by atoms with Crippen LogP contribution < -0.4 is 4.74 Å². The molecule has 2 saturated heterocycles. The van der Waals surface area contributed by atoms with Gasteiger partial charge in [-0.3, -0.25) is 9.69 Å². The Hall–Kier alpha value is -1.59. The van der Waals surface area contributed by atoms with Gasteiger partial charge in [-0.15, -0.1) is 0 Å². The second kappa shape index (κ2) is 7.97. The molecule has 0 bridgehead atoms. The van der Waals surface area contributed by atoms with Crippen LogP contribution >= 0.6 is 0 Å². The molecule has 4 rings (SSSR count). The van der Waals surface area contributed by atoms with Crippen molar-refractivity contribution < 1.29 is 9.53 Å². The first-order valence-corrected chi connectivity index (χ1v) is 10.1. The Bertz CT molecular complexity index is 623. The van der Waals surface area contributed by atoms with Crippen LogP contribution in [-0.4, -0.2) is 79.6 Å². The van der Waals surface area contributed by atoms with Gasteiger partial charge in [0.1, 0.15) is 5.75 Å². The van der Waals surface area contributed by atoms with E-state index in [1.807, 2.05) is 29.2 Å². The zero-order valence-corrected chi connectivity index (χ0v) is 15.9. The van der Waals surface area contributed by atoms with Crippen molar-refractivity contribution in [1.29, 1.82) is 0 Å². The van der Waals surface area contributed by atoms with Gasteiger partial charge in [-0.25, -0.2) is 0 Å². The van der Waals surface area contributed by atoms with E-state index >= 15 is 0 Å². The lowest BCUT2D eigenvalue weighted by atomic mass is 10.0. The monoisotopic (exact) mass is 357 g/mol. The molecule has 3 fully saturated rings. The van der Waals surface area contributed by atoms with Crippen LogP contribution in [0.3, 0.4) is 0 Å². The van der Waals surface area contributed by atoms with Crippen LogP contribution in [0.1, 0.15) is 36.0 Å². The van der Waals surface area contributed by atoms with Gasteiger partial charge in [0.25, 0.3) is 5.91 Å². The summed E-state index contributed by atoms with van der Waals surface area (Å²) in [6, 6.07) is 8.39. The molecule has 1 aromatic carbocycles. The summed E-state index contributed by atoms with van der Waals surface area (Å²) < 4.78 is 5.94. The summed E-state index contributed by atoms with van der Waals surface area (Å²) in [5.41, 5.74) is 0.721. The molecule has 1 aromatic rings. The van der Waals surface area contributed by atoms with Gasteiger partial charge in [0.15, 0.2) is 0 Å². The molecule has 0 spiro atoms. The van der Waals surface area contributed by atoms with E-state index < -0.39 is 0 Å². The van der Waals surface area contributed by atoms with Crippen LogP contribution in [-0.2, 0) is 0 Å². The molecule has 1 saturated carbocycles. The van der Waals surface area contributed by atoms with Crippen LogP contribution in [0.2, 0.25) is 0 Å². The lowest BCUT2D eigenvalue weighted by molar-refractivity contribution is 0.0449. The first-order chi connectivity index (χ1) is 12.7. The number of carbonyl (C=O) groups is 1. The molecule has 1 aliphatic carbocycles. The highest BCUT2D eigenvalue weighted by Gasteiger charge is 2.30. The van der Waals surface area contributed by atoms with Crippen molar-refractivity contribution >= 4 is 5.91 Å². The summed E-state index contributed by atoms with van der Waals surface area (Å²) in [6.07, 6.45) is 5.09. The van der Waals surface area contributed by atoms with Gasteiger partial charge in [0, 0.05) is 38.8 Å². The summed E-state index contributed by atoms with van der Waals surface area (Å²) in [5.74, 6) is 1.56. The molecule has 5 nitrogen and oxygen atoms in total. The van der Waals surface area contributed by atoms with E-state index in [1.165, 1.54) is 32.2 Å². The lowest BCUT2D eigenvalue weighted by Crippen LogP contribution is -2.55. The number of hydrogen-bond donors (Lipinski definition) is 0. The molecule has 142 valence electrons. The minimum Gasteiger partial charge on any atom is -0.492 e. The minimum absolute atomic E-state index is 0.122. The van der Waals surface area contributed by atoms with E-state index in [1.54, 1.807) is 0 Å². The second-order valence-electron chi connectivity index (χ2n) is 8.14. The Morgan fingerprint density at radius 2 is 1.85 bits per heavy atom. The standard InChI is InChI=1S/C21H31N3O2/c1-22-10-4-5-18(15-22)23-11-13-24(14-12-23)21(25)19-6-2-3-7-20(19)26-16-17-8-9-17/h2-3,6-7,17-18H,4-5,8-16H2,1H3. The predicted octanol–water partition coefficient (Wildman–Crippen LogP) is 2.33. The number of likely N-dealkylation sites (tertiary alicyclic amines) is 1. The molecule has 1 amide bonds. The van der Waals surface area contributed by atoms with Gasteiger partial charge in [-0.05, 0) is 57.3 Å². The highest BCUT2D eigenvalue weighted by molar-refractivity contribution is 5.97. The van der Waals surface area contributed by atoms with Crippen LogP contribution in [0.4, 0.5) is 0 Å². The molecular formula is C21H31N3O2. The van der Waals surface area contributed by atoms with Gasteiger partial charge in [0.05, 0.1) is 12.2 Å². The minimum atomic E-state index is 0.122. The van der Waals surface area contributed by atoms with Gasteiger partial charge in [-0.1, -0.05) is 12.1 Å². The number of amides is 1. The number of nitrogens with zero attached hydrogens (tertiary/aromatic N) is 3. The zero-order chi connectivity index (χ0) is 17.9. The Labute approximate surface area is 156 Å². The van der Waals surface area contributed by atoms with Crippen molar-refractivity contribution in [2.75, 3.05) is 52.9 Å². The van der Waals surface area contributed by atoms with E-state index in [4.69, 9.17) is 4.74 Å². The van der Waals surface area contributed by atoms with Crippen molar-refractivity contribution in [3.63, 3.8) is 0 Å². The average Bonchev–Trinajstić information content (AvgIpc) is 3.51. The summed E-state index contributed by atoms with van der Waals surface area (Å²) in [4.78, 5) is 20.0. The van der Waals surface area contributed by atoms with E-state index in [9.17, 15) is 4.79 Å². The average molecular weight is 357 g/mol. The Balaban J connectivity index is 1.34. The van der Waals surface area contributed by atoms with Crippen molar-refractivity contribution in [2.45, 2.75) is 31.7 Å². The van der Waals surface area contributed by atoms with Crippen LogP contribution in [0, 0.1) is 5.92 Å². The number of carbonyl (C=O) groups excluding carboxylic acids is 1.